The van der Waals surface area contributed by atoms with E-state index in [0.29, 0.717) is 36.0 Å². The van der Waals surface area contributed by atoms with E-state index in [2.05, 4.69) is 15.5 Å². The molecule has 0 aromatic heterocycles. The highest BCUT2D eigenvalue weighted by Gasteiger charge is 2.22. The van der Waals surface area contributed by atoms with Gasteiger partial charge in [-0.15, -0.1) is 0 Å². The highest BCUT2D eigenvalue weighted by Crippen LogP contribution is 2.29. The van der Waals surface area contributed by atoms with Gasteiger partial charge in [0.15, 0.2) is 11.7 Å². The molecule has 0 atom stereocenters. The van der Waals surface area contributed by atoms with Crippen LogP contribution in [0, 0.1) is 13.8 Å². The maximum Gasteiger partial charge on any atom is 0.264 e. The molecule has 2 amide bonds. The fraction of sp³-hybridized carbons (Fsp3) is 0.400. The minimum Gasteiger partial charge on any atom is -0.484 e. The predicted molar refractivity (Wildman–Crippen MR) is 141 cm³/mol. The molecule has 1 heterocycles. The monoisotopic (exact) mass is 502 g/mol. The van der Waals surface area contributed by atoms with Crippen molar-refractivity contribution in [3.05, 3.63) is 52.5 Å². The summed E-state index contributed by atoms with van der Waals surface area (Å²) in [5.41, 5.74) is 3.72. The van der Waals surface area contributed by atoms with E-state index in [-0.39, 0.29) is 23.5 Å². The zero-order valence-electron chi connectivity index (χ0n) is 19.8. The molecule has 34 heavy (non-hydrogen) atoms. The lowest BCUT2D eigenvalue weighted by Crippen LogP contribution is -2.48. The Morgan fingerprint density at radius 2 is 1.74 bits per heavy atom. The van der Waals surface area contributed by atoms with E-state index >= 15 is 0 Å². The standard InChI is InChI=1S/C25H31ClN4O3S/c1-4-5-24(32)30-10-8-29(9-11-30)22-7-6-19(15-21(22)26)27-25(34)28-23(31)16-33-20-13-17(2)12-18(3)14-20/h6-7,12-15H,4-5,8-11,16H2,1-3H3,(H2,27,28,31,34). The molecule has 1 aliphatic rings. The predicted octanol–water partition coefficient (Wildman–Crippen LogP) is 4.30. The Hall–Kier alpha value is -2.84. The van der Waals surface area contributed by atoms with Crippen molar-refractivity contribution in [2.24, 2.45) is 0 Å². The van der Waals surface area contributed by atoms with Crippen LogP contribution in [0.15, 0.2) is 36.4 Å². The molecule has 0 bridgehead atoms. The fourth-order valence-corrected chi connectivity index (χ4v) is 4.43. The molecule has 9 heteroatoms. The first-order valence-corrected chi connectivity index (χ1v) is 12.2. The highest BCUT2D eigenvalue weighted by molar-refractivity contribution is 7.80. The van der Waals surface area contributed by atoms with Gasteiger partial charge in [-0.05, 0) is 73.9 Å². The van der Waals surface area contributed by atoms with Crippen LogP contribution in [-0.4, -0.2) is 54.6 Å². The molecule has 2 N–H and O–H groups in total. The number of nitrogens with zero attached hydrogens (tertiary/aromatic N) is 2. The van der Waals surface area contributed by atoms with Crippen LogP contribution in [-0.2, 0) is 9.59 Å². The zero-order chi connectivity index (χ0) is 24.7. The third-order valence-electron chi connectivity index (χ3n) is 5.46. The first-order chi connectivity index (χ1) is 16.2. The Balaban J connectivity index is 1.48. The van der Waals surface area contributed by atoms with E-state index in [0.717, 1.165) is 36.3 Å². The summed E-state index contributed by atoms with van der Waals surface area (Å²) >= 11 is 11.8. The summed E-state index contributed by atoms with van der Waals surface area (Å²) in [5, 5.41) is 6.34. The molecule has 1 aliphatic heterocycles. The van der Waals surface area contributed by atoms with Crippen LogP contribution in [0.25, 0.3) is 0 Å². The van der Waals surface area contributed by atoms with Crippen molar-refractivity contribution in [2.75, 3.05) is 43.0 Å². The Morgan fingerprint density at radius 3 is 2.35 bits per heavy atom. The summed E-state index contributed by atoms with van der Waals surface area (Å²) in [6, 6.07) is 11.3. The summed E-state index contributed by atoms with van der Waals surface area (Å²) in [7, 11) is 0. The van der Waals surface area contributed by atoms with Gasteiger partial charge in [0, 0.05) is 38.3 Å². The lowest BCUT2D eigenvalue weighted by atomic mass is 10.1. The average Bonchev–Trinajstić information content (AvgIpc) is 2.77. The third-order valence-corrected chi connectivity index (χ3v) is 5.97. The Morgan fingerprint density at radius 1 is 1.06 bits per heavy atom. The van der Waals surface area contributed by atoms with Gasteiger partial charge in [0.2, 0.25) is 5.91 Å². The highest BCUT2D eigenvalue weighted by atomic mass is 35.5. The number of nitrogens with one attached hydrogen (secondary N) is 2. The van der Waals surface area contributed by atoms with Gasteiger partial charge in [-0.1, -0.05) is 24.6 Å². The Kier molecular flexibility index (Phi) is 9.12. The number of halogens is 1. The largest absolute Gasteiger partial charge is 0.484 e. The molecule has 1 fully saturated rings. The van der Waals surface area contributed by atoms with Gasteiger partial charge in [-0.25, -0.2) is 0 Å². The number of amides is 2. The summed E-state index contributed by atoms with van der Waals surface area (Å²) in [4.78, 5) is 28.4. The number of hydrogen-bond acceptors (Lipinski definition) is 5. The second-order valence-electron chi connectivity index (χ2n) is 8.40. The van der Waals surface area contributed by atoms with Crippen LogP contribution in [0.1, 0.15) is 30.9 Å². The van der Waals surface area contributed by atoms with Crippen molar-refractivity contribution in [1.82, 2.24) is 10.2 Å². The zero-order valence-corrected chi connectivity index (χ0v) is 21.4. The number of carbonyl (C=O) groups excluding carboxylic acids is 2. The first-order valence-electron chi connectivity index (χ1n) is 11.4. The second-order valence-corrected chi connectivity index (χ2v) is 9.21. The Bertz CT molecular complexity index is 1030. The molecule has 3 rings (SSSR count). The van der Waals surface area contributed by atoms with Gasteiger partial charge < -0.3 is 19.9 Å². The van der Waals surface area contributed by atoms with Crippen molar-refractivity contribution in [2.45, 2.75) is 33.6 Å². The summed E-state index contributed by atoms with van der Waals surface area (Å²) in [6.07, 6.45) is 1.45. The molecule has 0 spiro atoms. The van der Waals surface area contributed by atoms with Gasteiger partial charge in [0.1, 0.15) is 5.75 Å². The van der Waals surface area contributed by atoms with Gasteiger partial charge >= 0.3 is 0 Å². The lowest BCUT2D eigenvalue weighted by Gasteiger charge is -2.36. The van der Waals surface area contributed by atoms with E-state index < -0.39 is 0 Å². The van der Waals surface area contributed by atoms with Crippen molar-refractivity contribution in [3.63, 3.8) is 0 Å². The van der Waals surface area contributed by atoms with Crippen LogP contribution in [0.3, 0.4) is 0 Å². The number of rotatable bonds is 7. The number of anilines is 2. The van der Waals surface area contributed by atoms with Crippen LogP contribution in [0.4, 0.5) is 11.4 Å². The maximum atomic E-state index is 12.2. The van der Waals surface area contributed by atoms with E-state index in [1.807, 2.05) is 56.0 Å². The quantitative estimate of drug-likeness (QED) is 0.550. The summed E-state index contributed by atoms with van der Waals surface area (Å²) in [5.74, 6) is 0.502. The topological polar surface area (TPSA) is 73.9 Å². The van der Waals surface area contributed by atoms with Gasteiger partial charge in [0.25, 0.3) is 5.91 Å². The fourth-order valence-electron chi connectivity index (χ4n) is 3.90. The number of benzene rings is 2. The molecule has 182 valence electrons. The van der Waals surface area contributed by atoms with E-state index in [9.17, 15) is 9.59 Å². The molecule has 7 nitrogen and oxygen atoms in total. The third kappa shape index (κ3) is 7.33. The number of piperazine rings is 1. The van der Waals surface area contributed by atoms with Crippen LogP contribution < -0.4 is 20.3 Å². The molecule has 0 radical (unpaired) electrons. The molecule has 2 aromatic rings. The Labute approximate surface area is 211 Å². The molecular formula is C25H31ClN4O3S. The molecular weight excluding hydrogens is 472 g/mol. The summed E-state index contributed by atoms with van der Waals surface area (Å²) in [6.45, 7) is 8.67. The van der Waals surface area contributed by atoms with Gasteiger partial charge in [0.05, 0.1) is 10.7 Å². The smallest absolute Gasteiger partial charge is 0.264 e. The van der Waals surface area contributed by atoms with Gasteiger partial charge in [-0.2, -0.15) is 0 Å². The average molecular weight is 503 g/mol. The molecule has 2 aromatic carbocycles. The van der Waals surface area contributed by atoms with E-state index in [1.165, 1.54) is 0 Å². The van der Waals surface area contributed by atoms with Crippen molar-refractivity contribution in [3.8, 4) is 5.75 Å². The molecule has 1 saturated heterocycles. The minimum atomic E-state index is -0.352. The first kappa shape index (κ1) is 25.8. The number of carbonyl (C=O) groups is 2. The molecule has 0 saturated carbocycles. The SMILES string of the molecule is CCCC(=O)N1CCN(c2ccc(NC(=S)NC(=O)COc3cc(C)cc(C)c3)cc2Cl)CC1. The number of hydrogen-bond donors (Lipinski definition) is 2. The summed E-state index contributed by atoms with van der Waals surface area (Å²) < 4.78 is 5.57. The number of thiocarbonyl (C=S) groups is 1. The van der Waals surface area contributed by atoms with Crippen molar-refractivity contribution >= 4 is 52.1 Å². The molecule has 0 aliphatic carbocycles. The normalized spacial score (nSPS) is 13.4. The van der Waals surface area contributed by atoms with E-state index in [1.54, 1.807) is 6.07 Å². The van der Waals surface area contributed by atoms with Crippen LogP contribution >= 0.6 is 23.8 Å². The second kappa shape index (κ2) is 12.0. The molecule has 0 unspecified atom stereocenters. The number of aryl methyl sites for hydroxylation is 2. The maximum absolute atomic E-state index is 12.2. The van der Waals surface area contributed by atoms with E-state index in [4.69, 9.17) is 28.6 Å². The van der Waals surface area contributed by atoms with Gasteiger partial charge in [-0.3, -0.25) is 14.9 Å². The minimum absolute atomic E-state index is 0.142. The van der Waals surface area contributed by atoms with Crippen LogP contribution in [0.2, 0.25) is 5.02 Å². The number of ether oxygens (including phenoxy) is 1. The van der Waals surface area contributed by atoms with Crippen molar-refractivity contribution < 1.29 is 14.3 Å². The van der Waals surface area contributed by atoms with Crippen molar-refractivity contribution in [1.29, 1.82) is 0 Å². The lowest BCUT2D eigenvalue weighted by molar-refractivity contribution is -0.131. The van der Waals surface area contributed by atoms with Crippen LogP contribution in [0.5, 0.6) is 5.75 Å².